The smallest absolute Gasteiger partial charge is 0.475 e. The minimum absolute atomic E-state index is 0.0615. The fraction of sp³-hybridized carbons (Fsp3) is 0.650. The molecular weight excluding hydrogens is 401 g/mol. The van der Waals surface area contributed by atoms with Crippen LogP contribution >= 0.6 is 0 Å². The number of hydrogen-bond acceptors (Lipinski definition) is 4. The molecule has 7 nitrogen and oxygen atoms in total. The van der Waals surface area contributed by atoms with Crippen LogP contribution in [-0.4, -0.2) is 68.7 Å². The number of aliphatic carboxylic acids is 1. The van der Waals surface area contributed by atoms with E-state index in [2.05, 4.69) is 16.4 Å². The van der Waals surface area contributed by atoms with Crippen molar-refractivity contribution in [2.45, 2.75) is 51.4 Å². The molecule has 1 saturated carbocycles. The molecule has 1 aromatic heterocycles. The van der Waals surface area contributed by atoms with Gasteiger partial charge in [-0.25, -0.2) is 9.78 Å². The number of fused-ring (bicyclic) bond motifs is 1. The summed E-state index contributed by atoms with van der Waals surface area (Å²) in [6.07, 6.45) is 6.50. The second-order valence-corrected chi connectivity index (χ2v) is 7.98. The molecule has 1 aromatic rings. The maximum atomic E-state index is 12.5. The Hall–Kier alpha value is -2.36. The first-order valence-corrected chi connectivity index (χ1v) is 10.2. The molecule has 1 fully saturated rings. The highest BCUT2D eigenvalue weighted by molar-refractivity contribution is 5.92. The second kappa shape index (κ2) is 9.20. The molecule has 166 valence electrons. The number of carbonyl (C=O) groups excluding carboxylic acids is 1. The van der Waals surface area contributed by atoms with Crippen LogP contribution in [0.15, 0.2) is 18.3 Å². The molecule has 0 spiro atoms. The van der Waals surface area contributed by atoms with Crippen molar-refractivity contribution < 1.29 is 27.9 Å². The first kappa shape index (κ1) is 22.3. The highest BCUT2D eigenvalue weighted by atomic mass is 19.4. The summed E-state index contributed by atoms with van der Waals surface area (Å²) >= 11 is 0. The monoisotopic (exact) mass is 428 g/mol. The van der Waals surface area contributed by atoms with Gasteiger partial charge in [-0.1, -0.05) is 25.0 Å². The van der Waals surface area contributed by atoms with Gasteiger partial charge in [0.15, 0.2) is 0 Å². The molecule has 1 unspecified atom stereocenters. The maximum absolute atomic E-state index is 12.5. The van der Waals surface area contributed by atoms with Gasteiger partial charge in [-0.3, -0.25) is 9.69 Å². The third-order valence-electron chi connectivity index (χ3n) is 5.89. The molecule has 1 aliphatic carbocycles. The van der Waals surface area contributed by atoms with Crippen LogP contribution in [0.3, 0.4) is 0 Å². The number of carboxylic acids is 1. The van der Waals surface area contributed by atoms with Crippen LogP contribution in [0.2, 0.25) is 0 Å². The molecule has 1 atom stereocenters. The van der Waals surface area contributed by atoms with Crippen molar-refractivity contribution in [2.24, 2.45) is 5.92 Å². The lowest BCUT2D eigenvalue weighted by Crippen LogP contribution is -2.39. The summed E-state index contributed by atoms with van der Waals surface area (Å²) in [7, 11) is 0. The van der Waals surface area contributed by atoms with Crippen molar-refractivity contribution in [2.75, 3.05) is 26.2 Å². The van der Waals surface area contributed by atoms with E-state index in [1.165, 1.54) is 32.2 Å². The van der Waals surface area contributed by atoms with Gasteiger partial charge in [0.1, 0.15) is 11.5 Å². The predicted octanol–water partition coefficient (Wildman–Crippen LogP) is 3.10. The molecule has 3 heterocycles. The van der Waals surface area contributed by atoms with Gasteiger partial charge in [-0.05, 0) is 25.7 Å². The van der Waals surface area contributed by atoms with E-state index in [9.17, 15) is 18.0 Å². The Kier molecular flexibility index (Phi) is 6.84. The molecule has 10 heteroatoms. The Labute approximate surface area is 173 Å². The molecule has 1 amide bonds. The number of rotatable bonds is 3. The van der Waals surface area contributed by atoms with Gasteiger partial charge in [-0.2, -0.15) is 13.2 Å². The van der Waals surface area contributed by atoms with Gasteiger partial charge in [0.25, 0.3) is 5.91 Å². The van der Waals surface area contributed by atoms with Crippen molar-refractivity contribution in [1.82, 2.24) is 19.4 Å². The third kappa shape index (κ3) is 5.21. The number of hydrogen-bond donors (Lipinski definition) is 1. The Morgan fingerprint density at radius 2 is 1.77 bits per heavy atom. The minimum atomic E-state index is -5.08. The van der Waals surface area contributed by atoms with Crippen LogP contribution in [0.1, 0.15) is 55.0 Å². The Morgan fingerprint density at radius 1 is 1.17 bits per heavy atom. The largest absolute Gasteiger partial charge is 0.490 e. The average Bonchev–Trinajstić information content (AvgIpc) is 3.45. The van der Waals surface area contributed by atoms with Gasteiger partial charge in [0.05, 0.1) is 6.04 Å². The minimum Gasteiger partial charge on any atom is -0.475 e. The molecule has 30 heavy (non-hydrogen) atoms. The van der Waals surface area contributed by atoms with E-state index in [1.54, 1.807) is 0 Å². The number of amides is 1. The van der Waals surface area contributed by atoms with E-state index < -0.39 is 12.1 Å². The van der Waals surface area contributed by atoms with Crippen LogP contribution in [0.4, 0.5) is 13.2 Å². The molecule has 4 rings (SSSR count). The summed E-state index contributed by atoms with van der Waals surface area (Å²) in [6, 6.07) is 0.308. The zero-order chi connectivity index (χ0) is 21.9. The summed E-state index contributed by atoms with van der Waals surface area (Å²) in [4.78, 5) is 30.5. The van der Waals surface area contributed by atoms with Crippen molar-refractivity contribution in [1.29, 1.82) is 0 Å². The number of carbonyl (C=O) groups is 2. The molecule has 0 saturated heterocycles. The van der Waals surface area contributed by atoms with E-state index in [1.807, 2.05) is 23.2 Å². The van der Waals surface area contributed by atoms with Crippen LogP contribution in [-0.2, 0) is 11.3 Å². The van der Waals surface area contributed by atoms with Gasteiger partial charge < -0.3 is 14.6 Å². The van der Waals surface area contributed by atoms with Crippen molar-refractivity contribution in [3.63, 3.8) is 0 Å². The van der Waals surface area contributed by atoms with Crippen LogP contribution in [0.25, 0.3) is 0 Å². The molecule has 3 aliphatic rings. The standard InChI is InChI=1S/C18H26N4O.C2HF3O2/c1-14-17-19-16(18(23)20-8-4-5-9-20)13-22(17)11-10-21(14)12-15-6-2-3-7-15;3-2(4,5)1(6)7/h4-5,13-15H,2-3,6-12H2,1H3;(H,6,7). The van der Waals surface area contributed by atoms with E-state index in [4.69, 9.17) is 14.9 Å². The lowest BCUT2D eigenvalue weighted by molar-refractivity contribution is -0.192. The fourth-order valence-electron chi connectivity index (χ4n) is 4.22. The van der Waals surface area contributed by atoms with E-state index >= 15 is 0 Å². The van der Waals surface area contributed by atoms with Crippen LogP contribution in [0.5, 0.6) is 0 Å². The summed E-state index contributed by atoms with van der Waals surface area (Å²) in [5, 5.41) is 7.12. The summed E-state index contributed by atoms with van der Waals surface area (Å²) < 4.78 is 33.9. The molecular formula is C20H27F3N4O3. The lowest BCUT2D eigenvalue weighted by atomic mass is 10.1. The number of nitrogens with zero attached hydrogens (tertiary/aromatic N) is 4. The van der Waals surface area contributed by atoms with Crippen molar-refractivity contribution in [3.8, 4) is 0 Å². The van der Waals surface area contributed by atoms with Crippen molar-refractivity contribution in [3.05, 3.63) is 29.9 Å². The lowest BCUT2D eigenvalue weighted by Gasteiger charge is -2.35. The van der Waals surface area contributed by atoms with Gasteiger partial charge in [0, 0.05) is 38.9 Å². The quantitative estimate of drug-likeness (QED) is 0.749. The SMILES string of the molecule is CC1c2nc(C(=O)N3CC=CC3)cn2CCN1CC1CCCC1.O=C(O)C(F)(F)F. The third-order valence-corrected chi connectivity index (χ3v) is 5.89. The van der Waals surface area contributed by atoms with E-state index in [0.717, 1.165) is 24.8 Å². The predicted molar refractivity (Wildman–Crippen MR) is 103 cm³/mol. The number of imidazole rings is 1. The van der Waals surface area contributed by atoms with E-state index in [0.29, 0.717) is 24.8 Å². The fourth-order valence-corrected chi connectivity index (χ4v) is 4.22. The normalized spacial score (nSPS) is 22.0. The summed E-state index contributed by atoms with van der Waals surface area (Å²) in [5.74, 6) is -0.778. The zero-order valence-electron chi connectivity index (χ0n) is 16.9. The number of halogens is 3. The van der Waals surface area contributed by atoms with Gasteiger partial charge >= 0.3 is 12.1 Å². The molecule has 1 N–H and O–H groups in total. The first-order chi connectivity index (χ1) is 14.2. The zero-order valence-corrected chi connectivity index (χ0v) is 16.9. The van der Waals surface area contributed by atoms with Crippen LogP contribution in [0, 0.1) is 5.92 Å². The average molecular weight is 428 g/mol. The van der Waals surface area contributed by atoms with E-state index in [-0.39, 0.29) is 5.91 Å². The topological polar surface area (TPSA) is 78.7 Å². The Balaban J connectivity index is 0.000000318. The molecule has 2 aliphatic heterocycles. The van der Waals surface area contributed by atoms with Crippen molar-refractivity contribution >= 4 is 11.9 Å². The maximum Gasteiger partial charge on any atom is 0.490 e. The second-order valence-electron chi connectivity index (χ2n) is 7.98. The molecule has 0 radical (unpaired) electrons. The Morgan fingerprint density at radius 3 is 2.33 bits per heavy atom. The highest BCUT2D eigenvalue weighted by Crippen LogP contribution is 2.31. The van der Waals surface area contributed by atoms with Gasteiger partial charge in [0.2, 0.25) is 0 Å². The molecule has 0 aromatic carbocycles. The Bertz CT molecular complexity index is 792. The van der Waals surface area contributed by atoms with Gasteiger partial charge in [-0.15, -0.1) is 0 Å². The van der Waals surface area contributed by atoms with Crippen LogP contribution < -0.4 is 0 Å². The summed E-state index contributed by atoms with van der Waals surface area (Å²) in [5.41, 5.74) is 0.610. The number of aromatic nitrogens is 2. The molecule has 0 bridgehead atoms. The summed E-state index contributed by atoms with van der Waals surface area (Å²) in [6.45, 7) is 6.87. The number of alkyl halides is 3. The first-order valence-electron chi connectivity index (χ1n) is 10.2. The highest BCUT2D eigenvalue weighted by Gasteiger charge is 2.38. The number of carboxylic acid groups (broad SMARTS) is 1.